The lowest BCUT2D eigenvalue weighted by molar-refractivity contribution is -0.150. The number of esters is 1. The van der Waals surface area contributed by atoms with Crippen molar-refractivity contribution in [2.45, 2.75) is 33.2 Å². The number of piperazine rings is 1. The minimum Gasteiger partial charge on any atom is -0.466 e. The predicted molar refractivity (Wildman–Crippen MR) is 103 cm³/mol. The van der Waals surface area contributed by atoms with Crippen molar-refractivity contribution in [1.82, 2.24) is 15.5 Å². The van der Waals surface area contributed by atoms with Crippen LogP contribution >= 0.6 is 0 Å². The van der Waals surface area contributed by atoms with E-state index in [1.807, 2.05) is 31.2 Å². The van der Waals surface area contributed by atoms with Gasteiger partial charge in [-0.2, -0.15) is 0 Å². The standard InChI is InChI=1S/C20H25N3O5/c1-4-28-18(25)12-17-19(26)21-9-10-23(17)20(27)16(22-14(3)24)11-15-8-6-5-7-13(15)2/h5-8,11,17H,4,9-10,12H2,1-3H3,(H,21,26)(H,22,24). The summed E-state index contributed by atoms with van der Waals surface area (Å²) in [5, 5.41) is 5.21. The Bertz CT molecular complexity index is 803. The fourth-order valence-corrected chi connectivity index (χ4v) is 2.94. The van der Waals surface area contributed by atoms with Crippen LogP contribution in [0.4, 0.5) is 0 Å². The van der Waals surface area contributed by atoms with Gasteiger partial charge in [-0.15, -0.1) is 0 Å². The first kappa shape index (κ1) is 21.1. The Balaban J connectivity index is 2.35. The zero-order chi connectivity index (χ0) is 20.7. The molecule has 150 valence electrons. The van der Waals surface area contributed by atoms with Crippen molar-refractivity contribution in [2.75, 3.05) is 19.7 Å². The summed E-state index contributed by atoms with van der Waals surface area (Å²) in [6.45, 7) is 5.53. The van der Waals surface area contributed by atoms with Gasteiger partial charge in [0.1, 0.15) is 11.7 Å². The average Bonchev–Trinajstić information content (AvgIpc) is 2.64. The summed E-state index contributed by atoms with van der Waals surface area (Å²) in [6.07, 6.45) is 1.33. The summed E-state index contributed by atoms with van der Waals surface area (Å²) in [5.41, 5.74) is 1.74. The number of hydrogen-bond donors (Lipinski definition) is 2. The van der Waals surface area contributed by atoms with Crippen LogP contribution in [0.15, 0.2) is 30.0 Å². The third-order valence-corrected chi connectivity index (χ3v) is 4.29. The van der Waals surface area contributed by atoms with Gasteiger partial charge >= 0.3 is 5.97 Å². The van der Waals surface area contributed by atoms with Crippen molar-refractivity contribution < 1.29 is 23.9 Å². The zero-order valence-corrected chi connectivity index (χ0v) is 16.3. The maximum absolute atomic E-state index is 13.2. The SMILES string of the molecule is CCOC(=O)CC1C(=O)NCCN1C(=O)C(=Cc1ccccc1C)NC(C)=O. The van der Waals surface area contributed by atoms with Crippen molar-refractivity contribution in [1.29, 1.82) is 0 Å². The highest BCUT2D eigenvalue weighted by Crippen LogP contribution is 2.17. The molecular formula is C20H25N3O5. The summed E-state index contributed by atoms with van der Waals surface area (Å²) in [7, 11) is 0. The average molecular weight is 387 g/mol. The molecule has 8 nitrogen and oxygen atoms in total. The van der Waals surface area contributed by atoms with E-state index < -0.39 is 29.7 Å². The molecular weight excluding hydrogens is 362 g/mol. The molecule has 1 aliphatic rings. The molecule has 1 atom stereocenters. The highest BCUT2D eigenvalue weighted by molar-refractivity contribution is 6.03. The van der Waals surface area contributed by atoms with E-state index in [0.717, 1.165) is 11.1 Å². The number of benzene rings is 1. The van der Waals surface area contributed by atoms with Crippen LogP contribution in [0.1, 0.15) is 31.4 Å². The van der Waals surface area contributed by atoms with Gasteiger partial charge in [0, 0.05) is 20.0 Å². The molecule has 1 aromatic carbocycles. The van der Waals surface area contributed by atoms with Gasteiger partial charge in [0.15, 0.2) is 0 Å². The van der Waals surface area contributed by atoms with E-state index in [9.17, 15) is 19.2 Å². The summed E-state index contributed by atoms with van der Waals surface area (Å²) < 4.78 is 4.92. The Morgan fingerprint density at radius 1 is 1.32 bits per heavy atom. The Morgan fingerprint density at radius 2 is 2.04 bits per heavy atom. The molecule has 0 spiro atoms. The highest BCUT2D eigenvalue weighted by Gasteiger charge is 2.36. The second-order valence-electron chi connectivity index (χ2n) is 6.41. The van der Waals surface area contributed by atoms with Crippen molar-refractivity contribution in [3.05, 3.63) is 41.1 Å². The number of carbonyl (C=O) groups is 4. The van der Waals surface area contributed by atoms with E-state index in [1.165, 1.54) is 11.8 Å². The van der Waals surface area contributed by atoms with Gasteiger partial charge in [0.2, 0.25) is 11.8 Å². The lowest BCUT2D eigenvalue weighted by atomic mass is 10.1. The number of hydrogen-bond acceptors (Lipinski definition) is 5. The van der Waals surface area contributed by atoms with Gasteiger partial charge in [-0.25, -0.2) is 0 Å². The van der Waals surface area contributed by atoms with Gasteiger partial charge in [-0.1, -0.05) is 24.3 Å². The molecule has 2 N–H and O–H groups in total. The minimum atomic E-state index is -0.991. The van der Waals surface area contributed by atoms with E-state index in [0.29, 0.717) is 0 Å². The van der Waals surface area contributed by atoms with Crippen LogP contribution in [0.3, 0.4) is 0 Å². The molecule has 0 radical (unpaired) electrons. The maximum Gasteiger partial charge on any atom is 0.308 e. The lowest BCUT2D eigenvalue weighted by Gasteiger charge is -2.35. The number of aryl methyl sites for hydroxylation is 1. The smallest absolute Gasteiger partial charge is 0.308 e. The summed E-state index contributed by atoms with van der Waals surface area (Å²) in [5.74, 6) is -1.92. The van der Waals surface area contributed by atoms with Crippen LogP contribution in [0.5, 0.6) is 0 Å². The van der Waals surface area contributed by atoms with Crippen molar-refractivity contribution in [3.8, 4) is 0 Å². The summed E-state index contributed by atoms with van der Waals surface area (Å²) in [6, 6.07) is 6.42. The largest absolute Gasteiger partial charge is 0.466 e. The maximum atomic E-state index is 13.2. The third-order valence-electron chi connectivity index (χ3n) is 4.29. The molecule has 3 amide bonds. The molecule has 8 heteroatoms. The van der Waals surface area contributed by atoms with Crippen LogP contribution in [-0.4, -0.2) is 54.3 Å². The summed E-state index contributed by atoms with van der Waals surface area (Å²) >= 11 is 0. The number of amides is 3. The first-order valence-corrected chi connectivity index (χ1v) is 9.12. The van der Waals surface area contributed by atoms with Gasteiger partial charge < -0.3 is 20.3 Å². The van der Waals surface area contributed by atoms with E-state index >= 15 is 0 Å². The highest BCUT2D eigenvalue weighted by atomic mass is 16.5. The Labute approximate surface area is 163 Å². The molecule has 1 unspecified atom stereocenters. The zero-order valence-electron chi connectivity index (χ0n) is 16.3. The molecule has 0 aromatic heterocycles. The molecule has 1 heterocycles. The van der Waals surface area contributed by atoms with Crippen LogP contribution in [0.2, 0.25) is 0 Å². The number of carbonyl (C=O) groups excluding carboxylic acids is 4. The molecule has 1 fully saturated rings. The van der Waals surface area contributed by atoms with Crippen LogP contribution < -0.4 is 10.6 Å². The number of nitrogens with one attached hydrogen (secondary N) is 2. The van der Waals surface area contributed by atoms with Crippen LogP contribution in [0.25, 0.3) is 6.08 Å². The Hall–Kier alpha value is -3.16. The van der Waals surface area contributed by atoms with Gasteiger partial charge in [-0.3, -0.25) is 19.2 Å². The molecule has 1 saturated heterocycles. The van der Waals surface area contributed by atoms with Crippen molar-refractivity contribution in [2.24, 2.45) is 0 Å². The quantitative estimate of drug-likeness (QED) is 0.554. The summed E-state index contributed by atoms with van der Waals surface area (Å²) in [4.78, 5) is 50.3. The lowest BCUT2D eigenvalue weighted by Crippen LogP contribution is -2.58. The van der Waals surface area contributed by atoms with Gasteiger partial charge in [-0.05, 0) is 31.1 Å². The first-order valence-electron chi connectivity index (χ1n) is 9.12. The molecule has 1 aromatic rings. The van der Waals surface area contributed by atoms with E-state index in [-0.39, 0.29) is 31.8 Å². The number of ether oxygens (including phenoxy) is 1. The fourth-order valence-electron chi connectivity index (χ4n) is 2.94. The van der Waals surface area contributed by atoms with Crippen LogP contribution in [0, 0.1) is 6.92 Å². The van der Waals surface area contributed by atoms with E-state index in [1.54, 1.807) is 13.0 Å². The van der Waals surface area contributed by atoms with Crippen LogP contribution in [-0.2, 0) is 23.9 Å². The minimum absolute atomic E-state index is 0.0466. The monoisotopic (exact) mass is 387 g/mol. The fraction of sp³-hybridized carbons (Fsp3) is 0.400. The molecule has 28 heavy (non-hydrogen) atoms. The molecule has 0 saturated carbocycles. The Kier molecular flexibility index (Phi) is 7.31. The van der Waals surface area contributed by atoms with E-state index in [4.69, 9.17) is 4.74 Å². The third kappa shape index (κ3) is 5.42. The van der Waals surface area contributed by atoms with Crippen molar-refractivity contribution >= 4 is 29.8 Å². The second-order valence-corrected chi connectivity index (χ2v) is 6.41. The molecule has 0 aliphatic carbocycles. The second kappa shape index (κ2) is 9.68. The first-order chi connectivity index (χ1) is 13.3. The van der Waals surface area contributed by atoms with E-state index in [2.05, 4.69) is 10.6 Å². The van der Waals surface area contributed by atoms with Crippen molar-refractivity contribution in [3.63, 3.8) is 0 Å². The predicted octanol–water partition coefficient (Wildman–Crippen LogP) is 0.752. The van der Waals surface area contributed by atoms with Gasteiger partial charge in [0.25, 0.3) is 5.91 Å². The molecule has 2 rings (SSSR count). The molecule has 0 bridgehead atoms. The topological polar surface area (TPSA) is 105 Å². The van der Waals surface area contributed by atoms with Gasteiger partial charge in [0.05, 0.1) is 13.0 Å². The Morgan fingerprint density at radius 3 is 2.68 bits per heavy atom. The number of nitrogens with zero attached hydrogens (tertiary/aromatic N) is 1. The normalized spacial score (nSPS) is 17.0. The number of rotatable bonds is 6. The molecule has 1 aliphatic heterocycles.